The van der Waals surface area contributed by atoms with Crippen LogP contribution in [0.15, 0.2) is 0 Å². The summed E-state index contributed by atoms with van der Waals surface area (Å²) < 4.78 is 10.5. The van der Waals surface area contributed by atoms with E-state index in [0.717, 1.165) is 52.1 Å². The molecule has 5 nitrogen and oxygen atoms in total. The number of esters is 1. The predicted octanol–water partition coefficient (Wildman–Crippen LogP) is 0.250. The Hall–Kier alpha value is -0.650. The minimum Gasteiger partial charge on any atom is -0.468 e. The Kier molecular flexibility index (Phi) is 4.59. The van der Waals surface area contributed by atoms with Crippen LogP contribution in [0.1, 0.15) is 19.3 Å². The van der Waals surface area contributed by atoms with Crippen molar-refractivity contribution in [2.75, 3.05) is 47.0 Å². The number of rotatable bonds is 5. The van der Waals surface area contributed by atoms with Gasteiger partial charge in [-0.1, -0.05) is 0 Å². The van der Waals surface area contributed by atoms with Crippen LogP contribution in [0.25, 0.3) is 0 Å². The molecule has 1 saturated carbocycles. The maximum atomic E-state index is 12.2. The number of carbonyl (C=O) groups is 1. The summed E-state index contributed by atoms with van der Waals surface area (Å²) in [7, 11) is 3.34. The van der Waals surface area contributed by atoms with Gasteiger partial charge in [-0.05, 0) is 32.2 Å². The molecule has 1 unspecified atom stereocenters. The van der Waals surface area contributed by atoms with Crippen molar-refractivity contribution in [2.45, 2.75) is 24.8 Å². The molecule has 0 radical (unpaired) electrons. The number of hydrogen-bond donors (Lipinski definition) is 1. The zero-order valence-electron chi connectivity index (χ0n) is 11.4. The van der Waals surface area contributed by atoms with E-state index in [4.69, 9.17) is 9.47 Å². The van der Waals surface area contributed by atoms with Crippen LogP contribution in [0.2, 0.25) is 0 Å². The molecule has 0 spiro atoms. The quantitative estimate of drug-likeness (QED) is 0.715. The highest BCUT2D eigenvalue weighted by Gasteiger charge is 2.51. The van der Waals surface area contributed by atoms with E-state index < -0.39 is 5.54 Å². The molecule has 0 bridgehead atoms. The first kappa shape index (κ1) is 13.8. The summed E-state index contributed by atoms with van der Waals surface area (Å²) in [6, 6.07) is 0. The SMILES string of the molecule is CNC(CN1CCCOCC1)(C(=O)OC)C1CC1. The maximum Gasteiger partial charge on any atom is 0.327 e. The molecule has 2 rings (SSSR count). The van der Waals surface area contributed by atoms with Crippen molar-refractivity contribution in [3.63, 3.8) is 0 Å². The van der Waals surface area contributed by atoms with Gasteiger partial charge in [0.2, 0.25) is 0 Å². The maximum absolute atomic E-state index is 12.2. The highest BCUT2D eigenvalue weighted by molar-refractivity contribution is 5.82. The Labute approximate surface area is 109 Å². The van der Waals surface area contributed by atoms with Crippen molar-refractivity contribution in [2.24, 2.45) is 5.92 Å². The van der Waals surface area contributed by atoms with E-state index in [-0.39, 0.29) is 5.97 Å². The molecule has 1 aliphatic heterocycles. The molecule has 18 heavy (non-hydrogen) atoms. The molecular weight excluding hydrogens is 232 g/mol. The third kappa shape index (κ3) is 2.84. The number of nitrogens with one attached hydrogen (secondary N) is 1. The molecule has 1 saturated heterocycles. The van der Waals surface area contributed by atoms with Crippen LogP contribution in [0.5, 0.6) is 0 Å². The smallest absolute Gasteiger partial charge is 0.327 e. The first-order valence-corrected chi connectivity index (χ1v) is 6.80. The number of carbonyl (C=O) groups excluding carboxylic acids is 1. The molecule has 5 heteroatoms. The molecule has 0 aromatic heterocycles. The van der Waals surface area contributed by atoms with Gasteiger partial charge in [-0.25, -0.2) is 4.79 Å². The molecule has 1 N–H and O–H groups in total. The van der Waals surface area contributed by atoms with Crippen LogP contribution in [0.3, 0.4) is 0 Å². The number of hydrogen-bond acceptors (Lipinski definition) is 5. The molecule has 2 aliphatic rings. The van der Waals surface area contributed by atoms with Gasteiger partial charge >= 0.3 is 5.97 Å². The lowest BCUT2D eigenvalue weighted by Gasteiger charge is -2.35. The minimum atomic E-state index is -0.529. The van der Waals surface area contributed by atoms with Gasteiger partial charge in [0.05, 0.1) is 13.7 Å². The first-order valence-electron chi connectivity index (χ1n) is 6.80. The molecular formula is C13H24N2O3. The van der Waals surface area contributed by atoms with Crippen LogP contribution in [-0.2, 0) is 14.3 Å². The summed E-state index contributed by atoms with van der Waals surface area (Å²) in [5.41, 5.74) is -0.529. The van der Waals surface area contributed by atoms with Crippen LogP contribution in [0, 0.1) is 5.92 Å². The van der Waals surface area contributed by atoms with Crippen LogP contribution in [-0.4, -0.2) is 63.4 Å². The Balaban J connectivity index is 2.05. The molecule has 0 aromatic carbocycles. The normalized spacial score (nSPS) is 25.2. The Bertz CT molecular complexity index is 286. The van der Waals surface area contributed by atoms with Crippen molar-refractivity contribution < 1.29 is 14.3 Å². The second-order valence-electron chi connectivity index (χ2n) is 5.23. The van der Waals surface area contributed by atoms with Crippen molar-refractivity contribution in [3.05, 3.63) is 0 Å². The molecule has 0 amide bonds. The van der Waals surface area contributed by atoms with Gasteiger partial charge < -0.3 is 14.8 Å². The fourth-order valence-corrected chi connectivity index (χ4v) is 2.81. The lowest BCUT2D eigenvalue weighted by molar-refractivity contribution is -0.150. The fraction of sp³-hybridized carbons (Fsp3) is 0.923. The van der Waals surface area contributed by atoms with Crippen LogP contribution < -0.4 is 5.32 Å². The largest absolute Gasteiger partial charge is 0.468 e. The monoisotopic (exact) mass is 256 g/mol. The van der Waals surface area contributed by atoms with Crippen LogP contribution >= 0.6 is 0 Å². The van der Waals surface area contributed by atoms with Crippen molar-refractivity contribution in [3.8, 4) is 0 Å². The summed E-state index contributed by atoms with van der Waals surface area (Å²) in [6.07, 6.45) is 3.26. The fourth-order valence-electron chi connectivity index (χ4n) is 2.81. The molecule has 1 aliphatic carbocycles. The zero-order chi connectivity index (χ0) is 13.0. The van der Waals surface area contributed by atoms with Crippen molar-refractivity contribution in [1.29, 1.82) is 0 Å². The van der Waals surface area contributed by atoms with Crippen LogP contribution in [0.4, 0.5) is 0 Å². The molecule has 0 aromatic rings. The average Bonchev–Trinajstić information content (AvgIpc) is 3.22. The minimum absolute atomic E-state index is 0.127. The lowest BCUT2D eigenvalue weighted by atomic mass is 9.92. The number of likely N-dealkylation sites (N-methyl/N-ethyl adjacent to an activating group) is 1. The first-order chi connectivity index (χ1) is 8.73. The Morgan fingerprint density at radius 2 is 2.22 bits per heavy atom. The van der Waals surface area contributed by atoms with Crippen molar-refractivity contribution >= 4 is 5.97 Å². The number of ether oxygens (including phenoxy) is 2. The number of methoxy groups -OCH3 is 1. The highest BCUT2D eigenvalue weighted by atomic mass is 16.5. The summed E-state index contributed by atoms with van der Waals surface area (Å²) in [5.74, 6) is 0.289. The third-order valence-corrected chi connectivity index (χ3v) is 4.06. The molecule has 1 atom stereocenters. The summed E-state index contributed by atoms with van der Waals surface area (Å²) >= 11 is 0. The summed E-state index contributed by atoms with van der Waals surface area (Å²) in [6.45, 7) is 4.20. The summed E-state index contributed by atoms with van der Waals surface area (Å²) in [4.78, 5) is 14.5. The topological polar surface area (TPSA) is 50.8 Å². The van der Waals surface area contributed by atoms with E-state index in [1.165, 1.54) is 7.11 Å². The second kappa shape index (κ2) is 5.99. The third-order valence-electron chi connectivity index (χ3n) is 4.06. The molecule has 1 heterocycles. The standard InChI is InChI=1S/C13H24N2O3/c1-14-13(11-4-5-11,12(16)17-2)10-15-6-3-8-18-9-7-15/h11,14H,3-10H2,1-2H3. The Morgan fingerprint density at radius 1 is 1.44 bits per heavy atom. The lowest BCUT2D eigenvalue weighted by Crippen LogP contribution is -2.60. The van der Waals surface area contributed by atoms with E-state index in [1.54, 1.807) is 0 Å². The zero-order valence-corrected chi connectivity index (χ0v) is 11.4. The van der Waals surface area contributed by atoms with Gasteiger partial charge in [-0.2, -0.15) is 0 Å². The highest BCUT2D eigenvalue weighted by Crippen LogP contribution is 2.40. The second-order valence-corrected chi connectivity index (χ2v) is 5.23. The van der Waals surface area contributed by atoms with Gasteiger partial charge in [0, 0.05) is 26.2 Å². The van der Waals surface area contributed by atoms with Gasteiger partial charge in [0.1, 0.15) is 5.54 Å². The predicted molar refractivity (Wildman–Crippen MR) is 68.4 cm³/mol. The Morgan fingerprint density at radius 3 is 2.83 bits per heavy atom. The van der Waals surface area contributed by atoms with E-state index in [9.17, 15) is 4.79 Å². The molecule has 104 valence electrons. The van der Waals surface area contributed by atoms with Gasteiger partial charge in [-0.3, -0.25) is 4.90 Å². The number of nitrogens with zero attached hydrogens (tertiary/aromatic N) is 1. The summed E-state index contributed by atoms with van der Waals surface area (Å²) in [5, 5.41) is 3.24. The van der Waals surface area contributed by atoms with Gasteiger partial charge in [-0.15, -0.1) is 0 Å². The molecule has 2 fully saturated rings. The van der Waals surface area contributed by atoms with E-state index in [1.807, 2.05) is 7.05 Å². The van der Waals surface area contributed by atoms with E-state index >= 15 is 0 Å². The van der Waals surface area contributed by atoms with Gasteiger partial charge in [0.25, 0.3) is 0 Å². The van der Waals surface area contributed by atoms with E-state index in [2.05, 4.69) is 10.2 Å². The van der Waals surface area contributed by atoms with Crippen molar-refractivity contribution in [1.82, 2.24) is 10.2 Å². The van der Waals surface area contributed by atoms with E-state index in [0.29, 0.717) is 5.92 Å². The average molecular weight is 256 g/mol. The van der Waals surface area contributed by atoms with Gasteiger partial charge in [0.15, 0.2) is 0 Å².